The van der Waals surface area contributed by atoms with Crippen molar-refractivity contribution in [2.24, 2.45) is 5.92 Å². The molecule has 0 radical (unpaired) electrons. The Bertz CT molecular complexity index is 335. The molecule has 0 saturated carbocycles. The number of hydrogen-bond acceptors (Lipinski definition) is 3. The van der Waals surface area contributed by atoms with E-state index in [1.807, 2.05) is 6.92 Å². The van der Waals surface area contributed by atoms with Crippen LogP contribution in [0.4, 0.5) is 0 Å². The van der Waals surface area contributed by atoms with Crippen LogP contribution in [0.15, 0.2) is 12.2 Å². The summed E-state index contributed by atoms with van der Waals surface area (Å²) in [5, 5.41) is 3.41. The fourth-order valence-electron chi connectivity index (χ4n) is 2.31. The quantitative estimate of drug-likeness (QED) is 0.725. The molecule has 0 amide bonds. The molecule has 0 aromatic heterocycles. The third-order valence-electron chi connectivity index (χ3n) is 3.19. The molecular weight excluding hydrogens is 222 g/mol. The molecule has 16 heavy (non-hydrogen) atoms. The minimum absolute atomic E-state index is 0.296. The van der Waals surface area contributed by atoms with Crippen LogP contribution in [0.2, 0.25) is 0 Å². The molecule has 1 aliphatic rings. The lowest BCUT2D eigenvalue weighted by molar-refractivity contribution is 0.368. The van der Waals surface area contributed by atoms with E-state index in [1.54, 1.807) is 0 Å². The second-order valence-corrected chi connectivity index (χ2v) is 7.05. The standard InChI is InChI=1S/C12H23NO2S/c1-4-13-12(6-5-10(2)3)11-7-8-16(14,15)9-11/h11-13H,2,4-9H2,1,3H3. The van der Waals surface area contributed by atoms with Crippen LogP contribution in [-0.2, 0) is 9.84 Å². The predicted molar refractivity (Wildman–Crippen MR) is 68.3 cm³/mol. The van der Waals surface area contributed by atoms with Gasteiger partial charge in [-0.1, -0.05) is 12.5 Å². The molecule has 2 unspecified atom stereocenters. The molecule has 1 N–H and O–H groups in total. The first-order valence-electron chi connectivity index (χ1n) is 6.03. The van der Waals surface area contributed by atoms with Gasteiger partial charge in [-0.05, 0) is 38.6 Å². The molecule has 1 heterocycles. The Balaban J connectivity index is 2.53. The first-order valence-corrected chi connectivity index (χ1v) is 7.85. The summed E-state index contributed by atoms with van der Waals surface area (Å²) in [5.41, 5.74) is 1.17. The van der Waals surface area contributed by atoms with Crippen molar-refractivity contribution in [1.82, 2.24) is 5.32 Å². The van der Waals surface area contributed by atoms with Crippen molar-refractivity contribution in [2.75, 3.05) is 18.1 Å². The lowest BCUT2D eigenvalue weighted by Crippen LogP contribution is -2.36. The molecule has 1 saturated heterocycles. The Morgan fingerprint density at radius 2 is 2.25 bits per heavy atom. The monoisotopic (exact) mass is 245 g/mol. The SMILES string of the molecule is C=C(C)CCC(NCC)C1CCS(=O)(=O)C1. The van der Waals surface area contributed by atoms with Crippen LogP contribution in [0, 0.1) is 5.92 Å². The fourth-order valence-corrected chi connectivity index (χ4v) is 4.19. The molecule has 3 nitrogen and oxygen atoms in total. The number of nitrogens with one attached hydrogen (secondary N) is 1. The Hall–Kier alpha value is -0.350. The summed E-state index contributed by atoms with van der Waals surface area (Å²) in [4.78, 5) is 0. The molecule has 2 atom stereocenters. The molecule has 0 bridgehead atoms. The fraction of sp³-hybridized carbons (Fsp3) is 0.833. The van der Waals surface area contributed by atoms with Gasteiger partial charge >= 0.3 is 0 Å². The van der Waals surface area contributed by atoms with Crippen molar-refractivity contribution in [1.29, 1.82) is 0 Å². The van der Waals surface area contributed by atoms with Crippen LogP contribution >= 0.6 is 0 Å². The Morgan fingerprint density at radius 1 is 1.56 bits per heavy atom. The van der Waals surface area contributed by atoms with E-state index in [1.165, 1.54) is 5.57 Å². The molecule has 1 rings (SSSR count). The maximum atomic E-state index is 11.4. The van der Waals surface area contributed by atoms with Crippen molar-refractivity contribution in [2.45, 2.75) is 39.2 Å². The van der Waals surface area contributed by atoms with E-state index in [9.17, 15) is 8.42 Å². The number of sulfone groups is 1. The Labute approximate surface area is 99.2 Å². The minimum Gasteiger partial charge on any atom is -0.314 e. The summed E-state index contributed by atoms with van der Waals surface area (Å²) < 4.78 is 22.9. The molecule has 94 valence electrons. The van der Waals surface area contributed by atoms with Crippen LogP contribution in [0.25, 0.3) is 0 Å². The van der Waals surface area contributed by atoms with Crippen molar-refractivity contribution < 1.29 is 8.42 Å². The molecule has 0 spiro atoms. The highest BCUT2D eigenvalue weighted by Gasteiger charge is 2.32. The van der Waals surface area contributed by atoms with Crippen molar-refractivity contribution in [3.05, 3.63) is 12.2 Å². The largest absolute Gasteiger partial charge is 0.314 e. The van der Waals surface area contributed by atoms with Crippen molar-refractivity contribution in [3.8, 4) is 0 Å². The van der Waals surface area contributed by atoms with Gasteiger partial charge in [-0.15, -0.1) is 6.58 Å². The van der Waals surface area contributed by atoms with Gasteiger partial charge in [0.25, 0.3) is 0 Å². The molecule has 4 heteroatoms. The highest BCUT2D eigenvalue weighted by Crippen LogP contribution is 2.24. The van der Waals surface area contributed by atoms with Gasteiger partial charge < -0.3 is 5.32 Å². The third-order valence-corrected chi connectivity index (χ3v) is 4.98. The predicted octanol–water partition coefficient (Wildman–Crippen LogP) is 1.76. The Morgan fingerprint density at radius 3 is 2.69 bits per heavy atom. The lowest BCUT2D eigenvalue weighted by Gasteiger charge is -2.23. The molecule has 0 aromatic rings. The molecule has 1 aliphatic heterocycles. The smallest absolute Gasteiger partial charge is 0.150 e. The summed E-state index contributed by atoms with van der Waals surface area (Å²) in [6.07, 6.45) is 2.80. The van der Waals surface area contributed by atoms with Crippen LogP contribution in [0.1, 0.15) is 33.1 Å². The van der Waals surface area contributed by atoms with Crippen molar-refractivity contribution in [3.63, 3.8) is 0 Å². The zero-order valence-electron chi connectivity index (χ0n) is 10.3. The van der Waals surface area contributed by atoms with Gasteiger partial charge in [0.15, 0.2) is 9.84 Å². The van der Waals surface area contributed by atoms with E-state index in [4.69, 9.17) is 0 Å². The third kappa shape index (κ3) is 4.26. The highest BCUT2D eigenvalue weighted by atomic mass is 32.2. The normalized spacial score (nSPS) is 25.5. The van der Waals surface area contributed by atoms with Gasteiger partial charge in [0.05, 0.1) is 11.5 Å². The summed E-state index contributed by atoms with van der Waals surface area (Å²) >= 11 is 0. The first-order chi connectivity index (χ1) is 7.44. The van der Waals surface area contributed by atoms with Gasteiger partial charge in [0, 0.05) is 6.04 Å². The van der Waals surface area contributed by atoms with Crippen LogP contribution < -0.4 is 5.32 Å². The van der Waals surface area contributed by atoms with E-state index in [0.29, 0.717) is 23.5 Å². The van der Waals surface area contributed by atoms with Crippen LogP contribution in [0.5, 0.6) is 0 Å². The van der Waals surface area contributed by atoms with Gasteiger partial charge in [0.1, 0.15) is 0 Å². The Kier molecular flexibility index (Phi) is 4.99. The summed E-state index contributed by atoms with van der Waals surface area (Å²) in [7, 11) is -2.76. The summed E-state index contributed by atoms with van der Waals surface area (Å²) in [6.45, 7) is 8.89. The molecule has 1 fully saturated rings. The second kappa shape index (κ2) is 5.82. The van der Waals surface area contributed by atoms with Crippen LogP contribution in [-0.4, -0.2) is 32.5 Å². The van der Waals surface area contributed by atoms with E-state index in [0.717, 1.165) is 25.8 Å². The van der Waals surface area contributed by atoms with Gasteiger partial charge in [0.2, 0.25) is 0 Å². The zero-order chi connectivity index (χ0) is 12.2. The van der Waals surface area contributed by atoms with E-state index >= 15 is 0 Å². The second-order valence-electron chi connectivity index (χ2n) is 4.82. The summed E-state index contributed by atoms with van der Waals surface area (Å²) in [5.74, 6) is 1.03. The first kappa shape index (κ1) is 13.7. The van der Waals surface area contributed by atoms with E-state index < -0.39 is 9.84 Å². The zero-order valence-corrected chi connectivity index (χ0v) is 11.1. The minimum atomic E-state index is -2.76. The van der Waals surface area contributed by atoms with E-state index in [-0.39, 0.29) is 0 Å². The molecule has 0 aliphatic carbocycles. The molecule has 0 aromatic carbocycles. The van der Waals surface area contributed by atoms with E-state index in [2.05, 4.69) is 18.8 Å². The highest BCUT2D eigenvalue weighted by molar-refractivity contribution is 7.91. The number of rotatable bonds is 6. The number of hydrogen-bond donors (Lipinski definition) is 1. The number of allylic oxidation sites excluding steroid dienone is 1. The maximum absolute atomic E-state index is 11.4. The van der Waals surface area contributed by atoms with Crippen molar-refractivity contribution >= 4 is 9.84 Å². The topological polar surface area (TPSA) is 46.2 Å². The molecular formula is C12H23NO2S. The van der Waals surface area contributed by atoms with Gasteiger partial charge in [-0.2, -0.15) is 0 Å². The average molecular weight is 245 g/mol. The van der Waals surface area contributed by atoms with Gasteiger partial charge in [-0.25, -0.2) is 8.42 Å². The lowest BCUT2D eigenvalue weighted by atomic mass is 9.94. The maximum Gasteiger partial charge on any atom is 0.150 e. The average Bonchev–Trinajstić information content (AvgIpc) is 2.53. The van der Waals surface area contributed by atoms with Gasteiger partial charge in [-0.3, -0.25) is 0 Å². The summed E-state index contributed by atoms with van der Waals surface area (Å²) in [6, 6.07) is 0.332. The van der Waals surface area contributed by atoms with Crippen LogP contribution in [0.3, 0.4) is 0 Å².